The van der Waals surface area contributed by atoms with Gasteiger partial charge in [0, 0.05) is 22.7 Å². The Bertz CT molecular complexity index is 539. The van der Waals surface area contributed by atoms with Crippen LogP contribution in [0.5, 0.6) is 0 Å². The van der Waals surface area contributed by atoms with Gasteiger partial charge in [0.25, 0.3) is 0 Å². The number of fused-ring (bicyclic) bond motifs is 1. The summed E-state index contributed by atoms with van der Waals surface area (Å²) in [4.78, 5) is 3.37. The second-order valence-electron chi connectivity index (χ2n) is 4.54. The summed E-state index contributed by atoms with van der Waals surface area (Å²) in [5.41, 5.74) is 5.92. The van der Waals surface area contributed by atoms with Crippen LogP contribution in [0.25, 0.3) is 16.5 Å². The Balaban J connectivity index is 2.18. The van der Waals surface area contributed by atoms with Crippen LogP contribution in [-0.2, 0) is 0 Å². The van der Waals surface area contributed by atoms with Crippen molar-refractivity contribution in [1.82, 2.24) is 4.98 Å². The third-order valence-corrected chi connectivity index (χ3v) is 3.65. The molecule has 1 heterocycles. The lowest BCUT2D eigenvalue weighted by atomic mass is 9.84. The van der Waals surface area contributed by atoms with Crippen molar-refractivity contribution in [2.75, 3.05) is 0 Å². The quantitative estimate of drug-likeness (QED) is 0.752. The lowest BCUT2D eigenvalue weighted by Crippen LogP contribution is -2.00. The summed E-state index contributed by atoms with van der Waals surface area (Å²) in [6, 6.07) is 8.58. The summed E-state index contributed by atoms with van der Waals surface area (Å²) in [6.07, 6.45) is 7.32. The van der Waals surface area contributed by atoms with Gasteiger partial charge in [-0.05, 0) is 37.3 Å². The van der Waals surface area contributed by atoms with Gasteiger partial charge in [0.15, 0.2) is 0 Å². The Labute approximate surface area is 96.2 Å². The van der Waals surface area contributed by atoms with E-state index in [0.29, 0.717) is 0 Å². The van der Waals surface area contributed by atoms with Gasteiger partial charge in [0.05, 0.1) is 0 Å². The minimum Gasteiger partial charge on any atom is -0.361 e. The summed E-state index contributed by atoms with van der Waals surface area (Å²) < 4.78 is 0. The van der Waals surface area contributed by atoms with Crippen LogP contribution in [-0.4, -0.2) is 4.98 Å². The van der Waals surface area contributed by atoms with Gasteiger partial charge in [-0.1, -0.05) is 30.7 Å². The monoisotopic (exact) mass is 211 g/mol. The molecule has 1 aromatic carbocycles. The van der Waals surface area contributed by atoms with E-state index in [-0.39, 0.29) is 0 Å². The highest BCUT2D eigenvalue weighted by atomic mass is 14.7. The molecule has 0 unspecified atom stereocenters. The van der Waals surface area contributed by atoms with Crippen LogP contribution in [0.4, 0.5) is 0 Å². The molecule has 1 fully saturated rings. The number of rotatable bonds is 2. The molecule has 0 bridgehead atoms. The molecule has 0 amide bonds. The van der Waals surface area contributed by atoms with Crippen LogP contribution in [0.1, 0.15) is 38.2 Å². The normalized spacial score (nSPS) is 15.2. The van der Waals surface area contributed by atoms with Crippen molar-refractivity contribution in [3.05, 3.63) is 41.6 Å². The van der Waals surface area contributed by atoms with Crippen LogP contribution < -0.4 is 0 Å². The molecular formula is C15H17N. The number of hydrogen-bond donors (Lipinski definition) is 1. The van der Waals surface area contributed by atoms with Gasteiger partial charge in [-0.3, -0.25) is 0 Å². The van der Waals surface area contributed by atoms with Crippen molar-refractivity contribution in [2.24, 2.45) is 0 Å². The molecule has 3 rings (SSSR count). The van der Waals surface area contributed by atoms with Crippen molar-refractivity contribution >= 4 is 16.5 Å². The van der Waals surface area contributed by atoms with E-state index in [1.54, 1.807) is 11.1 Å². The zero-order chi connectivity index (χ0) is 11.0. The first-order valence-corrected chi connectivity index (χ1v) is 6.17. The fraction of sp³-hybridized carbons (Fsp3) is 0.333. The smallest absolute Gasteiger partial charge is 0.0460 e. The first-order valence-electron chi connectivity index (χ1n) is 6.17. The molecule has 0 saturated heterocycles. The molecule has 1 aromatic heterocycles. The zero-order valence-corrected chi connectivity index (χ0v) is 9.72. The number of benzene rings is 1. The SMILES string of the molecule is CCC(=C1CCC1)c1c[nH]c2ccccc12. The largest absolute Gasteiger partial charge is 0.361 e. The lowest BCUT2D eigenvalue weighted by Gasteiger charge is -2.21. The van der Waals surface area contributed by atoms with E-state index in [1.165, 1.54) is 35.7 Å². The molecule has 0 atom stereocenters. The Morgan fingerprint density at radius 1 is 1.25 bits per heavy atom. The average Bonchev–Trinajstić information content (AvgIpc) is 2.67. The van der Waals surface area contributed by atoms with Gasteiger partial charge >= 0.3 is 0 Å². The Kier molecular flexibility index (Phi) is 2.32. The number of para-hydroxylation sites is 1. The summed E-state index contributed by atoms with van der Waals surface area (Å²) in [5.74, 6) is 0. The van der Waals surface area contributed by atoms with E-state index in [1.807, 2.05) is 0 Å². The minimum absolute atomic E-state index is 1.15. The molecular weight excluding hydrogens is 194 g/mol. The molecule has 1 heteroatoms. The van der Waals surface area contributed by atoms with E-state index >= 15 is 0 Å². The van der Waals surface area contributed by atoms with E-state index in [2.05, 4.69) is 42.4 Å². The maximum atomic E-state index is 3.37. The predicted octanol–water partition coefficient (Wildman–Crippen LogP) is 4.52. The third kappa shape index (κ3) is 1.39. The number of nitrogens with one attached hydrogen (secondary N) is 1. The molecule has 0 spiro atoms. The van der Waals surface area contributed by atoms with E-state index in [0.717, 1.165) is 6.42 Å². The van der Waals surface area contributed by atoms with Crippen LogP contribution in [0, 0.1) is 0 Å². The molecule has 1 nitrogen and oxygen atoms in total. The van der Waals surface area contributed by atoms with Gasteiger partial charge in [0.1, 0.15) is 0 Å². The Morgan fingerprint density at radius 3 is 2.75 bits per heavy atom. The maximum Gasteiger partial charge on any atom is 0.0460 e. The van der Waals surface area contributed by atoms with Crippen LogP contribution in [0.15, 0.2) is 36.0 Å². The number of aromatic amines is 1. The van der Waals surface area contributed by atoms with Crippen molar-refractivity contribution < 1.29 is 0 Å². The van der Waals surface area contributed by atoms with Gasteiger partial charge in [0.2, 0.25) is 0 Å². The summed E-state index contributed by atoms with van der Waals surface area (Å²) in [7, 11) is 0. The van der Waals surface area contributed by atoms with E-state index in [9.17, 15) is 0 Å². The Morgan fingerprint density at radius 2 is 2.06 bits per heavy atom. The number of aromatic nitrogens is 1. The highest BCUT2D eigenvalue weighted by molar-refractivity contribution is 5.93. The molecule has 2 aromatic rings. The lowest BCUT2D eigenvalue weighted by molar-refractivity contribution is 0.663. The number of hydrogen-bond acceptors (Lipinski definition) is 0. The van der Waals surface area contributed by atoms with Crippen molar-refractivity contribution in [3.8, 4) is 0 Å². The first-order chi connectivity index (χ1) is 7.90. The highest BCUT2D eigenvalue weighted by Gasteiger charge is 2.16. The van der Waals surface area contributed by atoms with Gasteiger partial charge in [-0.25, -0.2) is 0 Å². The number of H-pyrrole nitrogens is 1. The van der Waals surface area contributed by atoms with Gasteiger partial charge < -0.3 is 4.98 Å². The van der Waals surface area contributed by atoms with Crippen LogP contribution in [0.2, 0.25) is 0 Å². The van der Waals surface area contributed by atoms with Crippen molar-refractivity contribution in [1.29, 1.82) is 0 Å². The molecule has 1 aliphatic rings. The van der Waals surface area contributed by atoms with Crippen LogP contribution >= 0.6 is 0 Å². The maximum absolute atomic E-state index is 3.37. The van der Waals surface area contributed by atoms with Crippen molar-refractivity contribution in [2.45, 2.75) is 32.6 Å². The van der Waals surface area contributed by atoms with E-state index < -0.39 is 0 Å². The third-order valence-electron chi connectivity index (χ3n) is 3.65. The van der Waals surface area contributed by atoms with Crippen molar-refractivity contribution in [3.63, 3.8) is 0 Å². The second kappa shape index (κ2) is 3.82. The molecule has 1 saturated carbocycles. The number of allylic oxidation sites excluding steroid dienone is 2. The standard InChI is InChI=1S/C15H17N/c1-2-12(11-6-5-7-11)14-10-16-15-9-4-3-8-13(14)15/h3-4,8-10,16H,2,5-7H2,1H3. The average molecular weight is 211 g/mol. The summed E-state index contributed by atoms with van der Waals surface area (Å²) >= 11 is 0. The molecule has 1 aliphatic carbocycles. The molecule has 1 N–H and O–H groups in total. The molecule has 0 aliphatic heterocycles. The highest BCUT2D eigenvalue weighted by Crippen LogP contribution is 2.37. The summed E-state index contributed by atoms with van der Waals surface area (Å²) in [5, 5.41) is 1.37. The Hall–Kier alpha value is -1.50. The second-order valence-corrected chi connectivity index (χ2v) is 4.54. The van der Waals surface area contributed by atoms with Gasteiger partial charge in [-0.2, -0.15) is 0 Å². The topological polar surface area (TPSA) is 15.8 Å². The van der Waals surface area contributed by atoms with Gasteiger partial charge in [-0.15, -0.1) is 0 Å². The molecule has 82 valence electrons. The molecule has 16 heavy (non-hydrogen) atoms. The molecule has 0 radical (unpaired) electrons. The zero-order valence-electron chi connectivity index (χ0n) is 9.72. The summed E-state index contributed by atoms with van der Waals surface area (Å²) in [6.45, 7) is 2.27. The fourth-order valence-electron chi connectivity index (χ4n) is 2.61. The first kappa shape index (κ1) is 9.71. The van der Waals surface area contributed by atoms with E-state index in [4.69, 9.17) is 0 Å². The minimum atomic E-state index is 1.15. The predicted molar refractivity (Wildman–Crippen MR) is 69.4 cm³/mol. The van der Waals surface area contributed by atoms with Crippen LogP contribution in [0.3, 0.4) is 0 Å². The fourth-order valence-corrected chi connectivity index (χ4v) is 2.61.